The van der Waals surface area contributed by atoms with E-state index in [0.29, 0.717) is 23.5 Å². The number of halogens is 3. The van der Waals surface area contributed by atoms with Crippen LogP contribution in [-0.4, -0.2) is 43.0 Å². The number of allylic oxidation sites excluding steroid dienone is 1. The number of hydrogen-bond acceptors (Lipinski definition) is 3. The fourth-order valence-electron chi connectivity index (χ4n) is 2.80. The Kier molecular flexibility index (Phi) is 5.70. The van der Waals surface area contributed by atoms with Crippen molar-refractivity contribution < 1.29 is 13.2 Å². The van der Waals surface area contributed by atoms with E-state index in [1.807, 2.05) is 7.05 Å². The molecule has 1 N–H and O–H groups in total. The molecule has 1 aliphatic heterocycles. The van der Waals surface area contributed by atoms with Gasteiger partial charge in [-0.1, -0.05) is 12.6 Å². The molecule has 3 nitrogen and oxygen atoms in total. The number of alkyl halides is 3. The first-order valence-corrected chi connectivity index (χ1v) is 7.79. The molecule has 1 saturated heterocycles. The molecule has 0 saturated carbocycles. The van der Waals surface area contributed by atoms with E-state index in [4.69, 9.17) is 0 Å². The van der Waals surface area contributed by atoms with E-state index in [2.05, 4.69) is 21.7 Å². The fraction of sp³-hybridized carbons (Fsp3) is 0.529. The minimum Gasteiger partial charge on any atom is -0.360 e. The maximum absolute atomic E-state index is 13.4. The second kappa shape index (κ2) is 7.36. The van der Waals surface area contributed by atoms with Crippen LogP contribution in [0.15, 0.2) is 30.5 Å². The van der Waals surface area contributed by atoms with Crippen LogP contribution >= 0.6 is 0 Å². The zero-order valence-electron chi connectivity index (χ0n) is 13.7. The van der Waals surface area contributed by atoms with Crippen LogP contribution in [0.25, 0.3) is 0 Å². The van der Waals surface area contributed by atoms with Gasteiger partial charge in [0.05, 0.1) is 5.56 Å². The molecular weight excluding hydrogens is 303 g/mol. The van der Waals surface area contributed by atoms with Crippen molar-refractivity contribution in [1.82, 2.24) is 9.80 Å². The number of likely N-dealkylation sites (N-methyl/N-ethyl adjacent to an activating group) is 1. The number of hydrogen-bond donors (Lipinski definition) is 1. The molecule has 128 valence electrons. The Bertz CT molecular complexity index is 555. The van der Waals surface area contributed by atoms with Gasteiger partial charge in [-0.2, -0.15) is 13.2 Å². The van der Waals surface area contributed by atoms with Crippen molar-refractivity contribution in [2.75, 3.05) is 38.5 Å². The summed E-state index contributed by atoms with van der Waals surface area (Å²) in [6.45, 7) is 9.21. The average Bonchev–Trinajstić information content (AvgIpc) is 2.64. The molecule has 0 aliphatic carbocycles. The standard InChI is InChI=1S/C17H24F3N3/c1-13(2)21-15-6-5-14(16(11-15)17(18,19)20)12-23-8-4-7-22(3)9-10-23/h5-6,11,21H,1,4,7-10,12H2,2-3H3. The Morgan fingerprint density at radius 3 is 2.61 bits per heavy atom. The largest absolute Gasteiger partial charge is 0.416 e. The molecule has 2 rings (SSSR count). The van der Waals surface area contributed by atoms with Gasteiger partial charge < -0.3 is 10.2 Å². The summed E-state index contributed by atoms with van der Waals surface area (Å²) in [5.74, 6) is 0. The zero-order chi connectivity index (χ0) is 17.0. The van der Waals surface area contributed by atoms with Crippen molar-refractivity contribution in [2.24, 2.45) is 0 Å². The maximum Gasteiger partial charge on any atom is 0.416 e. The number of anilines is 1. The van der Waals surface area contributed by atoms with Crippen molar-refractivity contribution in [2.45, 2.75) is 26.1 Å². The van der Waals surface area contributed by atoms with E-state index in [0.717, 1.165) is 32.6 Å². The second-order valence-electron chi connectivity index (χ2n) is 6.21. The van der Waals surface area contributed by atoms with Gasteiger partial charge >= 0.3 is 6.18 Å². The van der Waals surface area contributed by atoms with Gasteiger partial charge in [-0.05, 0) is 51.2 Å². The lowest BCUT2D eigenvalue weighted by atomic mass is 10.0. The van der Waals surface area contributed by atoms with E-state index in [1.54, 1.807) is 19.1 Å². The molecule has 0 spiro atoms. The third-order valence-electron chi connectivity index (χ3n) is 3.98. The van der Waals surface area contributed by atoms with E-state index < -0.39 is 11.7 Å². The SMILES string of the molecule is C=C(C)Nc1ccc(CN2CCCN(C)CC2)c(C(F)(F)F)c1. The van der Waals surface area contributed by atoms with Crippen LogP contribution in [-0.2, 0) is 12.7 Å². The first-order chi connectivity index (χ1) is 10.8. The molecule has 1 aromatic rings. The maximum atomic E-state index is 13.4. The molecule has 1 aromatic carbocycles. The Balaban J connectivity index is 2.21. The van der Waals surface area contributed by atoms with Crippen molar-refractivity contribution in [3.63, 3.8) is 0 Å². The highest BCUT2D eigenvalue weighted by atomic mass is 19.4. The molecule has 0 aromatic heterocycles. The van der Waals surface area contributed by atoms with Crippen LogP contribution in [0.1, 0.15) is 24.5 Å². The molecule has 0 bridgehead atoms. The van der Waals surface area contributed by atoms with Crippen molar-refractivity contribution in [3.05, 3.63) is 41.6 Å². The van der Waals surface area contributed by atoms with Gasteiger partial charge in [0, 0.05) is 31.0 Å². The normalized spacial score (nSPS) is 17.8. The average molecular weight is 327 g/mol. The van der Waals surface area contributed by atoms with Crippen LogP contribution in [0.3, 0.4) is 0 Å². The lowest BCUT2D eigenvalue weighted by Gasteiger charge is -2.23. The summed E-state index contributed by atoms with van der Waals surface area (Å²) in [5.41, 5.74) is 0.793. The molecule has 0 radical (unpaired) electrons. The number of nitrogens with one attached hydrogen (secondary N) is 1. The smallest absolute Gasteiger partial charge is 0.360 e. The predicted octanol–water partition coefficient (Wildman–Crippen LogP) is 3.79. The van der Waals surface area contributed by atoms with E-state index >= 15 is 0 Å². The molecule has 0 amide bonds. The van der Waals surface area contributed by atoms with Gasteiger partial charge in [-0.25, -0.2) is 0 Å². The summed E-state index contributed by atoms with van der Waals surface area (Å²) in [5, 5.41) is 2.85. The molecule has 1 aliphatic rings. The lowest BCUT2D eigenvalue weighted by Crippen LogP contribution is -2.29. The van der Waals surface area contributed by atoms with Gasteiger partial charge in [-0.3, -0.25) is 4.90 Å². The zero-order valence-corrected chi connectivity index (χ0v) is 13.7. The summed E-state index contributed by atoms with van der Waals surface area (Å²) >= 11 is 0. The summed E-state index contributed by atoms with van der Waals surface area (Å²) in [4.78, 5) is 4.31. The Morgan fingerprint density at radius 1 is 1.22 bits per heavy atom. The van der Waals surface area contributed by atoms with Gasteiger partial charge in [0.25, 0.3) is 0 Å². The van der Waals surface area contributed by atoms with E-state index in [-0.39, 0.29) is 0 Å². The Hall–Kier alpha value is -1.53. The third-order valence-corrected chi connectivity index (χ3v) is 3.98. The first kappa shape index (κ1) is 17.8. The van der Waals surface area contributed by atoms with Gasteiger partial charge in [0.15, 0.2) is 0 Å². The lowest BCUT2D eigenvalue weighted by molar-refractivity contribution is -0.138. The molecule has 6 heteroatoms. The van der Waals surface area contributed by atoms with Crippen LogP contribution in [0, 0.1) is 0 Å². The van der Waals surface area contributed by atoms with Gasteiger partial charge in [-0.15, -0.1) is 0 Å². The number of benzene rings is 1. The van der Waals surface area contributed by atoms with Crippen LogP contribution in [0.2, 0.25) is 0 Å². The number of rotatable bonds is 4. The highest BCUT2D eigenvalue weighted by Crippen LogP contribution is 2.34. The van der Waals surface area contributed by atoms with Crippen molar-refractivity contribution >= 4 is 5.69 Å². The van der Waals surface area contributed by atoms with E-state index in [9.17, 15) is 13.2 Å². The monoisotopic (exact) mass is 327 g/mol. The first-order valence-electron chi connectivity index (χ1n) is 7.79. The molecule has 23 heavy (non-hydrogen) atoms. The van der Waals surface area contributed by atoms with Crippen LogP contribution in [0.4, 0.5) is 18.9 Å². The second-order valence-corrected chi connectivity index (χ2v) is 6.21. The topological polar surface area (TPSA) is 18.5 Å². The van der Waals surface area contributed by atoms with Crippen LogP contribution in [0.5, 0.6) is 0 Å². The summed E-state index contributed by atoms with van der Waals surface area (Å²) in [6, 6.07) is 4.43. The summed E-state index contributed by atoms with van der Waals surface area (Å²) in [6.07, 6.45) is -3.38. The minimum atomic E-state index is -4.36. The number of nitrogens with zero attached hydrogens (tertiary/aromatic N) is 2. The third kappa shape index (κ3) is 5.25. The van der Waals surface area contributed by atoms with Crippen LogP contribution < -0.4 is 5.32 Å². The van der Waals surface area contributed by atoms with Gasteiger partial charge in [0.1, 0.15) is 0 Å². The van der Waals surface area contributed by atoms with E-state index in [1.165, 1.54) is 6.07 Å². The predicted molar refractivity (Wildman–Crippen MR) is 87.3 cm³/mol. The minimum absolute atomic E-state index is 0.328. The van der Waals surface area contributed by atoms with Crippen molar-refractivity contribution in [3.8, 4) is 0 Å². The van der Waals surface area contributed by atoms with Gasteiger partial charge in [0.2, 0.25) is 0 Å². The molecule has 1 heterocycles. The molecule has 1 fully saturated rings. The quantitative estimate of drug-likeness (QED) is 0.908. The molecule has 0 atom stereocenters. The fourth-order valence-corrected chi connectivity index (χ4v) is 2.80. The summed E-state index contributed by atoms with van der Waals surface area (Å²) < 4.78 is 40.2. The Labute approximate surface area is 135 Å². The van der Waals surface area contributed by atoms with Crippen molar-refractivity contribution in [1.29, 1.82) is 0 Å². The summed E-state index contributed by atoms with van der Waals surface area (Å²) in [7, 11) is 2.04. The highest BCUT2D eigenvalue weighted by Gasteiger charge is 2.34. The highest BCUT2D eigenvalue weighted by molar-refractivity contribution is 5.52. The Morgan fingerprint density at radius 2 is 1.96 bits per heavy atom. The molecular formula is C17H24F3N3. The molecule has 0 unspecified atom stereocenters.